The largest absolute Gasteiger partial charge is 0.457 e. The van der Waals surface area contributed by atoms with Crippen LogP contribution in [-0.2, 0) is 32.6 Å². The number of amides is 2. The first-order valence-corrected chi connectivity index (χ1v) is 18.7. The van der Waals surface area contributed by atoms with Crippen molar-refractivity contribution in [1.82, 2.24) is 10.2 Å². The number of hydrogen-bond donors (Lipinski definition) is 1. The molecule has 0 saturated heterocycles. The molecule has 2 amide bonds. The highest BCUT2D eigenvalue weighted by Gasteiger charge is 2.35. The molecule has 2 atom stereocenters. The van der Waals surface area contributed by atoms with Crippen LogP contribution in [-0.4, -0.2) is 43.8 Å². The molecule has 5 aromatic rings. The number of carbonyl (C=O) groups is 2. The van der Waals surface area contributed by atoms with Crippen molar-refractivity contribution in [3.63, 3.8) is 0 Å². The van der Waals surface area contributed by atoms with E-state index < -0.39 is 28.5 Å². The van der Waals surface area contributed by atoms with Crippen LogP contribution < -0.4 is 14.4 Å². The lowest BCUT2D eigenvalue weighted by Gasteiger charge is -2.34. The Kier molecular flexibility index (Phi) is 12.8. The van der Waals surface area contributed by atoms with Crippen LogP contribution >= 0.6 is 23.2 Å². The minimum atomic E-state index is -4.26. The van der Waals surface area contributed by atoms with Gasteiger partial charge in [0.1, 0.15) is 24.1 Å². The minimum Gasteiger partial charge on any atom is -0.457 e. The van der Waals surface area contributed by atoms with Gasteiger partial charge in [0.05, 0.1) is 20.6 Å². The maximum Gasteiger partial charge on any atom is 0.264 e. The van der Waals surface area contributed by atoms with E-state index in [1.165, 1.54) is 17.0 Å². The van der Waals surface area contributed by atoms with Gasteiger partial charge < -0.3 is 15.0 Å². The number of hydrogen-bond acceptors (Lipinski definition) is 5. The molecule has 0 radical (unpaired) electrons. The summed E-state index contributed by atoms with van der Waals surface area (Å²) >= 11 is 12.6. The molecule has 264 valence electrons. The van der Waals surface area contributed by atoms with E-state index in [1.54, 1.807) is 60.7 Å². The van der Waals surface area contributed by atoms with E-state index in [2.05, 4.69) is 5.32 Å². The molecule has 0 fully saturated rings. The monoisotopic (exact) mass is 743 g/mol. The minimum absolute atomic E-state index is 0.00814. The van der Waals surface area contributed by atoms with Crippen molar-refractivity contribution < 1.29 is 22.7 Å². The third kappa shape index (κ3) is 9.91. The fourth-order valence-corrected chi connectivity index (χ4v) is 7.14. The summed E-state index contributed by atoms with van der Waals surface area (Å²) in [5.74, 6) is 0.151. The number of ether oxygens (including phenoxy) is 1. The van der Waals surface area contributed by atoms with Gasteiger partial charge in [0.15, 0.2) is 0 Å². The smallest absolute Gasteiger partial charge is 0.264 e. The molecule has 0 aliphatic heterocycles. The van der Waals surface area contributed by atoms with Crippen molar-refractivity contribution >= 4 is 50.7 Å². The van der Waals surface area contributed by atoms with Crippen LogP contribution in [0.4, 0.5) is 5.69 Å². The maximum absolute atomic E-state index is 14.7. The van der Waals surface area contributed by atoms with Crippen LogP contribution in [0, 0.1) is 0 Å². The Hall–Kier alpha value is -4.83. The molecule has 0 spiro atoms. The highest BCUT2D eigenvalue weighted by molar-refractivity contribution is 7.92. The summed E-state index contributed by atoms with van der Waals surface area (Å²) in [7, 11) is -4.26. The van der Waals surface area contributed by atoms with Gasteiger partial charge in [-0.25, -0.2) is 8.42 Å². The third-order valence-electron chi connectivity index (χ3n) is 8.32. The highest BCUT2D eigenvalue weighted by Crippen LogP contribution is 2.29. The molecule has 5 rings (SSSR count). The zero-order valence-electron chi connectivity index (χ0n) is 28.3. The molecule has 51 heavy (non-hydrogen) atoms. The summed E-state index contributed by atoms with van der Waals surface area (Å²) in [6.07, 6.45) is 0.866. The first-order chi connectivity index (χ1) is 24.5. The summed E-state index contributed by atoms with van der Waals surface area (Å²) in [6, 6.07) is 36.8. The van der Waals surface area contributed by atoms with E-state index in [0.29, 0.717) is 28.5 Å². The summed E-state index contributed by atoms with van der Waals surface area (Å²) < 4.78 is 35.6. The van der Waals surface area contributed by atoms with Crippen LogP contribution in [0.1, 0.15) is 31.4 Å². The predicted molar refractivity (Wildman–Crippen MR) is 203 cm³/mol. The molecule has 11 heteroatoms. The number of sulfonamides is 1. The molecule has 0 saturated carbocycles. The number of carbonyl (C=O) groups excluding carboxylic acids is 2. The summed E-state index contributed by atoms with van der Waals surface area (Å²) in [5.41, 5.74) is 1.69. The quantitative estimate of drug-likeness (QED) is 0.116. The van der Waals surface area contributed by atoms with E-state index in [1.807, 2.05) is 74.5 Å². The van der Waals surface area contributed by atoms with Gasteiger partial charge in [-0.05, 0) is 85.1 Å². The number of rotatable bonds is 15. The Labute approximate surface area is 309 Å². The van der Waals surface area contributed by atoms with Crippen LogP contribution in [0.15, 0.2) is 138 Å². The normalized spacial score (nSPS) is 12.4. The summed E-state index contributed by atoms with van der Waals surface area (Å²) in [4.78, 5) is 30.2. The molecular weight excluding hydrogens is 705 g/mol. The predicted octanol–water partition coefficient (Wildman–Crippen LogP) is 8.54. The number of nitrogens with one attached hydrogen (secondary N) is 1. The van der Waals surface area contributed by atoms with E-state index in [-0.39, 0.29) is 40.5 Å². The maximum atomic E-state index is 14.7. The number of benzene rings is 5. The van der Waals surface area contributed by atoms with Gasteiger partial charge >= 0.3 is 0 Å². The first-order valence-electron chi connectivity index (χ1n) is 16.5. The van der Waals surface area contributed by atoms with Gasteiger partial charge in [0.25, 0.3) is 10.0 Å². The Bertz CT molecular complexity index is 2020. The van der Waals surface area contributed by atoms with Gasteiger partial charge in [-0.15, -0.1) is 0 Å². The van der Waals surface area contributed by atoms with Crippen molar-refractivity contribution in [2.24, 2.45) is 0 Å². The molecule has 0 unspecified atom stereocenters. The van der Waals surface area contributed by atoms with Gasteiger partial charge in [0.2, 0.25) is 11.8 Å². The van der Waals surface area contributed by atoms with Crippen LogP contribution in [0.2, 0.25) is 10.0 Å². The molecule has 1 N–H and O–H groups in total. The first kappa shape index (κ1) is 37.4. The van der Waals surface area contributed by atoms with E-state index in [9.17, 15) is 18.0 Å². The Balaban J connectivity index is 1.56. The molecule has 0 aliphatic carbocycles. The number of nitrogens with zero attached hydrogens (tertiary/aromatic N) is 2. The van der Waals surface area contributed by atoms with Gasteiger partial charge in [-0.3, -0.25) is 13.9 Å². The second-order valence-electron chi connectivity index (χ2n) is 12.0. The number of para-hydroxylation sites is 1. The zero-order chi connectivity index (χ0) is 36.4. The van der Waals surface area contributed by atoms with Crippen LogP contribution in [0.3, 0.4) is 0 Å². The van der Waals surface area contributed by atoms with Gasteiger partial charge in [-0.1, -0.05) is 103 Å². The summed E-state index contributed by atoms with van der Waals surface area (Å²) in [6.45, 7) is 3.21. The SMILES string of the molecule is CC[C@H](C)NC(=O)[C@@H](Cc1ccccc1)N(Cc1ccc(Cl)c(Cl)c1)C(=O)CN(c1ccc(Oc2ccccc2)cc1)S(=O)(=O)c1ccccc1. The molecule has 0 aromatic heterocycles. The lowest BCUT2D eigenvalue weighted by Crippen LogP contribution is -2.54. The van der Waals surface area contributed by atoms with Gasteiger partial charge in [0, 0.05) is 19.0 Å². The average molecular weight is 745 g/mol. The standard InChI is InChI=1S/C40H39Cl2N3O5S/c1-3-29(2)43-40(47)38(26-30-13-7-4-8-14-30)44(27-31-19-24-36(41)37(42)25-31)39(46)28-45(51(48,49)35-17-11-6-12-18-35)32-20-22-34(23-21-32)50-33-15-9-5-10-16-33/h4-25,29,38H,3,26-28H2,1-2H3,(H,43,47)/t29-,38+/m0/s1. The molecule has 0 bridgehead atoms. The van der Waals surface area contributed by atoms with Crippen molar-refractivity contribution in [3.05, 3.63) is 155 Å². The molecular formula is C40H39Cl2N3O5S. The van der Waals surface area contributed by atoms with Gasteiger partial charge in [-0.2, -0.15) is 0 Å². The Morgan fingerprint density at radius 3 is 1.94 bits per heavy atom. The van der Waals surface area contributed by atoms with Crippen molar-refractivity contribution in [2.75, 3.05) is 10.8 Å². The fourth-order valence-electron chi connectivity index (χ4n) is 5.38. The average Bonchev–Trinajstić information content (AvgIpc) is 3.14. The Morgan fingerprint density at radius 1 is 0.745 bits per heavy atom. The zero-order valence-corrected chi connectivity index (χ0v) is 30.6. The van der Waals surface area contributed by atoms with Crippen molar-refractivity contribution in [3.8, 4) is 11.5 Å². The number of halogens is 2. The lowest BCUT2D eigenvalue weighted by molar-refractivity contribution is -0.140. The highest BCUT2D eigenvalue weighted by atomic mass is 35.5. The van der Waals surface area contributed by atoms with E-state index in [0.717, 1.165) is 9.87 Å². The van der Waals surface area contributed by atoms with Crippen LogP contribution in [0.25, 0.3) is 0 Å². The van der Waals surface area contributed by atoms with Crippen LogP contribution in [0.5, 0.6) is 11.5 Å². The second kappa shape index (κ2) is 17.4. The van der Waals surface area contributed by atoms with Crippen molar-refractivity contribution in [1.29, 1.82) is 0 Å². The van der Waals surface area contributed by atoms with Crippen molar-refractivity contribution in [2.45, 2.75) is 50.2 Å². The molecule has 5 aromatic carbocycles. The molecule has 0 heterocycles. The number of anilines is 1. The fraction of sp³-hybridized carbons (Fsp3) is 0.200. The summed E-state index contributed by atoms with van der Waals surface area (Å²) in [5, 5.41) is 3.66. The topological polar surface area (TPSA) is 96.0 Å². The van der Waals surface area contributed by atoms with E-state index in [4.69, 9.17) is 27.9 Å². The third-order valence-corrected chi connectivity index (χ3v) is 10.8. The Morgan fingerprint density at radius 2 is 1.33 bits per heavy atom. The lowest BCUT2D eigenvalue weighted by atomic mass is 10.0. The molecule has 0 aliphatic rings. The van der Waals surface area contributed by atoms with E-state index >= 15 is 0 Å². The molecule has 8 nitrogen and oxygen atoms in total. The second-order valence-corrected chi connectivity index (χ2v) is 14.7.